The highest BCUT2D eigenvalue weighted by atomic mass is 32.1. The van der Waals surface area contributed by atoms with E-state index in [9.17, 15) is 34.2 Å². The number of aromatic hydroxyl groups is 1. The number of nitrogens with two attached hydrogens (primary N) is 1. The first-order valence-corrected chi connectivity index (χ1v) is 19.3. The summed E-state index contributed by atoms with van der Waals surface area (Å²) in [6.07, 6.45) is 2.06. The quantitative estimate of drug-likeness (QED) is 0.0422. The van der Waals surface area contributed by atoms with E-state index in [1.807, 2.05) is 6.92 Å². The molecule has 1 aliphatic carbocycles. The number of carbonyl (C=O) groups is 3. The summed E-state index contributed by atoms with van der Waals surface area (Å²) in [7, 11) is 0. The summed E-state index contributed by atoms with van der Waals surface area (Å²) in [6.45, 7) is 2.61. The summed E-state index contributed by atoms with van der Waals surface area (Å²) in [5.41, 5.74) is 8.71. The number of thiocarbonyl (C=S) groups is 1. The molecule has 3 heterocycles. The van der Waals surface area contributed by atoms with Gasteiger partial charge in [-0.2, -0.15) is 4.98 Å². The molecule has 1 atom stereocenters. The van der Waals surface area contributed by atoms with Crippen molar-refractivity contribution in [2.45, 2.75) is 32.4 Å². The molecule has 10 N–H and O–H groups in total. The monoisotopic (exact) mass is 842 g/mol. The molecule has 3 aromatic carbocycles. The highest BCUT2D eigenvalue weighted by Gasteiger charge is 2.23. The summed E-state index contributed by atoms with van der Waals surface area (Å²) < 4.78 is 5.89. The van der Waals surface area contributed by atoms with Crippen molar-refractivity contribution in [3.8, 4) is 28.2 Å². The van der Waals surface area contributed by atoms with Gasteiger partial charge in [0.05, 0.1) is 24.0 Å². The number of carbonyl (C=O) groups excluding carboxylic acids is 2. The number of fused-ring (bicyclic) bond motifs is 3. The SMILES string of the molecule is C[C@H](CCC(=O)NCCNC(=S)Nc1ccc(-c2c3ccc(=O)cc-3oc3cc(O)ccc23)c(C(=O)O)c1)NC(=O)c1ccc(NCc2cnc3nc(N)[nH]c(=O)c3n2)cc1. The molecule has 7 rings (SSSR count). The molecule has 0 spiro atoms. The van der Waals surface area contributed by atoms with Crippen LogP contribution in [-0.4, -0.2) is 72.2 Å². The fourth-order valence-corrected chi connectivity index (χ4v) is 6.74. The molecule has 1 aliphatic heterocycles. The Balaban J connectivity index is 0.849. The Morgan fingerprint density at radius 1 is 0.918 bits per heavy atom. The summed E-state index contributed by atoms with van der Waals surface area (Å²) in [4.78, 5) is 77.0. The minimum absolute atomic E-state index is 0.0413. The van der Waals surface area contributed by atoms with Gasteiger partial charge in [0.2, 0.25) is 11.9 Å². The predicted octanol–water partition coefficient (Wildman–Crippen LogP) is 4.19. The molecule has 18 nitrogen and oxygen atoms in total. The van der Waals surface area contributed by atoms with Crippen molar-refractivity contribution in [1.29, 1.82) is 0 Å². The van der Waals surface area contributed by atoms with Crippen molar-refractivity contribution < 1.29 is 29.0 Å². The van der Waals surface area contributed by atoms with Crippen LogP contribution in [0.4, 0.5) is 17.3 Å². The molecule has 5 aromatic rings. The molecule has 0 unspecified atom stereocenters. The van der Waals surface area contributed by atoms with E-state index >= 15 is 0 Å². The van der Waals surface area contributed by atoms with Crippen molar-refractivity contribution in [3.05, 3.63) is 122 Å². The van der Waals surface area contributed by atoms with Crippen molar-refractivity contribution in [1.82, 2.24) is 35.9 Å². The number of aromatic amines is 1. The van der Waals surface area contributed by atoms with Crippen LogP contribution in [0.1, 0.15) is 46.2 Å². The molecule has 2 amide bonds. The number of aromatic carboxylic acids is 1. The molecule has 310 valence electrons. The third kappa shape index (κ3) is 9.86. The van der Waals surface area contributed by atoms with E-state index in [1.165, 1.54) is 36.5 Å². The molecule has 2 aromatic heterocycles. The van der Waals surface area contributed by atoms with Crippen LogP contribution in [0.2, 0.25) is 0 Å². The Hall–Kier alpha value is -7.93. The predicted molar refractivity (Wildman–Crippen MR) is 233 cm³/mol. The van der Waals surface area contributed by atoms with Gasteiger partial charge in [-0.1, -0.05) is 6.07 Å². The lowest BCUT2D eigenvalue weighted by Gasteiger charge is -2.18. The van der Waals surface area contributed by atoms with Gasteiger partial charge in [-0.05, 0) is 91.8 Å². The van der Waals surface area contributed by atoms with Gasteiger partial charge in [0.15, 0.2) is 21.7 Å². The highest BCUT2D eigenvalue weighted by molar-refractivity contribution is 7.80. The maximum absolute atomic E-state index is 12.9. The van der Waals surface area contributed by atoms with Gasteiger partial charge in [-0.15, -0.1) is 0 Å². The molecule has 2 aliphatic rings. The number of anilines is 3. The first kappa shape index (κ1) is 41.2. The number of nitrogens with zero attached hydrogens (tertiary/aromatic N) is 3. The Labute approximate surface area is 351 Å². The Kier molecular flexibility index (Phi) is 12.1. The number of aromatic nitrogens is 4. The number of hydrogen-bond acceptors (Lipinski definition) is 13. The van der Waals surface area contributed by atoms with E-state index in [2.05, 4.69) is 46.5 Å². The van der Waals surface area contributed by atoms with Crippen LogP contribution < -0.4 is 43.3 Å². The number of benzene rings is 4. The normalized spacial score (nSPS) is 11.6. The van der Waals surface area contributed by atoms with Gasteiger partial charge in [-0.25, -0.2) is 14.8 Å². The number of carboxylic acids is 1. The molecule has 19 heteroatoms. The highest BCUT2D eigenvalue weighted by Crippen LogP contribution is 2.42. The van der Waals surface area contributed by atoms with E-state index in [1.54, 1.807) is 48.5 Å². The number of carboxylic acid groups (broad SMARTS) is 1. The van der Waals surface area contributed by atoms with Gasteiger partial charge < -0.3 is 46.9 Å². The topological polar surface area (TPSA) is 280 Å². The molecule has 0 saturated carbocycles. The van der Waals surface area contributed by atoms with Crippen molar-refractivity contribution in [2.75, 3.05) is 29.5 Å². The molecule has 0 fully saturated rings. The van der Waals surface area contributed by atoms with Crippen LogP contribution in [0.15, 0.2) is 99.1 Å². The second-order valence-corrected chi connectivity index (χ2v) is 14.3. The van der Waals surface area contributed by atoms with E-state index < -0.39 is 11.5 Å². The number of rotatable bonds is 14. The van der Waals surface area contributed by atoms with E-state index in [0.29, 0.717) is 51.1 Å². The second-order valence-electron chi connectivity index (χ2n) is 13.9. The van der Waals surface area contributed by atoms with Gasteiger partial charge >= 0.3 is 5.97 Å². The molecular formula is C42H38N10O8S. The number of nitrogen functional groups attached to an aromatic ring is 1. The Morgan fingerprint density at radius 3 is 2.46 bits per heavy atom. The summed E-state index contributed by atoms with van der Waals surface area (Å²) in [6, 6.07) is 20.0. The Morgan fingerprint density at radius 2 is 1.67 bits per heavy atom. The van der Waals surface area contributed by atoms with E-state index in [4.69, 9.17) is 22.4 Å². The van der Waals surface area contributed by atoms with Crippen molar-refractivity contribution in [3.63, 3.8) is 0 Å². The third-order valence-electron chi connectivity index (χ3n) is 9.48. The zero-order valence-corrected chi connectivity index (χ0v) is 33.2. The molecule has 61 heavy (non-hydrogen) atoms. The first-order chi connectivity index (χ1) is 29.3. The van der Waals surface area contributed by atoms with Crippen LogP contribution in [0.25, 0.3) is 44.6 Å². The minimum atomic E-state index is -1.20. The number of H-pyrrole nitrogens is 1. The molecular weight excluding hydrogens is 805 g/mol. The number of hydrogen-bond donors (Lipinski definition) is 9. The Bertz CT molecular complexity index is 2920. The first-order valence-electron chi connectivity index (χ1n) is 18.9. The average molecular weight is 843 g/mol. The van der Waals surface area contributed by atoms with Gasteiger partial charge in [0.25, 0.3) is 11.5 Å². The van der Waals surface area contributed by atoms with E-state index in [-0.39, 0.29) is 94.2 Å². The lowest BCUT2D eigenvalue weighted by Crippen LogP contribution is -2.37. The van der Waals surface area contributed by atoms with Gasteiger partial charge in [-0.3, -0.25) is 24.2 Å². The van der Waals surface area contributed by atoms with E-state index in [0.717, 1.165) is 0 Å². The largest absolute Gasteiger partial charge is 0.508 e. The fraction of sp³-hybridized carbons (Fsp3) is 0.167. The second kappa shape index (κ2) is 17.9. The zero-order valence-electron chi connectivity index (χ0n) is 32.4. The van der Waals surface area contributed by atoms with Crippen molar-refractivity contribution in [2.24, 2.45) is 0 Å². The third-order valence-corrected chi connectivity index (χ3v) is 9.72. The summed E-state index contributed by atoms with van der Waals surface area (Å²) in [5.74, 6) is -1.56. The van der Waals surface area contributed by atoms with Crippen molar-refractivity contribution >= 4 is 74.6 Å². The van der Waals surface area contributed by atoms with Crippen LogP contribution in [0.3, 0.4) is 0 Å². The molecule has 0 saturated heterocycles. The minimum Gasteiger partial charge on any atom is -0.508 e. The van der Waals surface area contributed by atoms with Gasteiger partial charge in [0, 0.05) is 71.1 Å². The van der Waals surface area contributed by atoms with Crippen LogP contribution in [0, 0.1) is 0 Å². The molecule has 0 radical (unpaired) electrons. The number of nitrogens with one attached hydrogen (secondary N) is 6. The fourth-order valence-electron chi connectivity index (χ4n) is 6.52. The van der Waals surface area contributed by atoms with Crippen LogP contribution >= 0.6 is 12.2 Å². The zero-order chi connectivity index (χ0) is 43.2. The summed E-state index contributed by atoms with van der Waals surface area (Å²) in [5, 5.41) is 35.9. The number of phenols is 1. The average Bonchev–Trinajstić information content (AvgIpc) is 3.23. The lowest BCUT2D eigenvalue weighted by molar-refractivity contribution is -0.121. The maximum atomic E-state index is 12.9. The smallest absolute Gasteiger partial charge is 0.336 e. The standard InChI is InChI=1S/C42H38N10O8S/c1-21(48-38(56)22-3-5-23(6-4-22)46-19-25-20-47-37-36(49-25)39(57)52-41(43)51-37)2-13-34(55)44-14-15-45-42(61)50-24-7-10-28(31(16-24)40(58)59)35-29-11-8-26(53)17-32(29)60-33-18-27(54)9-12-30(33)35/h3-12,16-18,20-21,46,53H,2,13-15,19H2,1H3,(H,44,55)(H,48,56)(H,58,59)(H2,45,50,61)(H3,43,47,51,52,57)/t21-/m1/s1. The molecule has 0 bridgehead atoms. The number of phenolic OH excluding ortho intramolecular Hbond substituents is 1. The maximum Gasteiger partial charge on any atom is 0.336 e. The van der Waals surface area contributed by atoms with Gasteiger partial charge in [0.1, 0.15) is 17.1 Å². The summed E-state index contributed by atoms with van der Waals surface area (Å²) >= 11 is 5.42. The number of amides is 2. The van der Waals surface area contributed by atoms with Crippen LogP contribution in [0.5, 0.6) is 5.75 Å². The lowest BCUT2D eigenvalue weighted by atomic mass is 9.90. The van der Waals surface area contributed by atoms with Crippen LogP contribution in [-0.2, 0) is 11.3 Å².